The molecule has 1 aromatic heterocycles. The van der Waals surface area contributed by atoms with Crippen LogP contribution in [0.25, 0.3) is 21.9 Å². The van der Waals surface area contributed by atoms with Crippen molar-refractivity contribution >= 4 is 26.8 Å². The van der Waals surface area contributed by atoms with Gasteiger partial charge in [0.15, 0.2) is 5.03 Å². The molecule has 4 aromatic rings. The number of pyridine rings is 1. The van der Waals surface area contributed by atoms with E-state index in [4.69, 9.17) is 0 Å². The number of carboxylic acids is 1. The number of nitrogens with zero attached hydrogens (tertiary/aromatic N) is 2. The smallest absolute Gasteiger partial charge is 0.416 e. The van der Waals surface area contributed by atoms with Gasteiger partial charge in [-0.3, -0.25) is 9.36 Å². The molecule has 7 nitrogen and oxygen atoms in total. The van der Waals surface area contributed by atoms with E-state index in [2.05, 4.69) is 0 Å². The number of halogens is 3. The number of benzene rings is 3. The van der Waals surface area contributed by atoms with Crippen molar-refractivity contribution in [3.05, 3.63) is 99.8 Å². The van der Waals surface area contributed by atoms with Gasteiger partial charge in [0.25, 0.3) is 15.6 Å². The Bertz CT molecular complexity index is 1830. The lowest BCUT2D eigenvalue weighted by atomic mass is 9.93. The molecule has 0 saturated heterocycles. The second kappa shape index (κ2) is 11.4. The number of fused-ring (bicyclic) bond motifs is 2. The first-order chi connectivity index (χ1) is 19.9. The number of sulfonamides is 1. The largest absolute Gasteiger partial charge is 0.480 e. The fourth-order valence-electron chi connectivity index (χ4n) is 5.58. The Hall–Kier alpha value is -3.96. The molecule has 11 heteroatoms. The zero-order valence-corrected chi connectivity index (χ0v) is 23.6. The van der Waals surface area contributed by atoms with E-state index in [1.807, 2.05) is 37.3 Å². The molecule has 3 aromatic carbocycles. The summed E-state index contributed by atoms with van der Waals surface area (Å²) in [6.45, 7) is 1.49. The second-order valence-electron chi connectivity index (χ2n) is 10.4. The predicted octanol–water partition coefficient (Wildman–Crippen LogP) is 6.10. The standard InChI is InChI=1S/C31H29F3N2O5S/c1-2-3-6-15-35-19-26(30(38)39)36-27(37)18-23(16-21-11-7-10-20-9-4-5-14-25(20)21)28(29(36)42(35,40)41)22-12-8-13-24(17-22)31(32,33)34/h4-5,7-14,17-18,26H,2-3,6,15-16,19H2,1H3,(H,38,39)/t26-/m1/s1. The topological polar surface area (TPSA) is 96.7 Å². The van der Waals surface area contributed by atoms with Crippen LogP contribution >= 0.6 is 0 Å². The zero-order valence-electron chi connectivity index (χ0n) is 22.8. The molecule has 0 aliphatic carbocycles. The van der Waals surface area contributed by atoms with Crippen molar-refractivity contribution in [1.82, 2.24) is 8.87 Å². The Balaban J connectivity index is 1.84. The van der Waals surface area contributed by atoms with Crippen LogP contribution in [-0.4, -0.2) is 41.5 Å². The van der Waals surface area contributed by atoms with Crippen LogP contribution in [0.4, 0.5) is 13.2 Å². The molecule has 42 heavy (non-hydrogen) atoms. The lowest BCUT2D eigenvalue weighted by molar-refractivity contribution is -0.141. The highest BCUT2D eigenvalue weighted by molar-refractivity contribution is 7.89. The average Bonchev–Trinajstić information content (AvgIpc) is 2.94. The number of carboxylic acid groups (broad SMARTS) is 1. The average molecular weight is 599 g/mol. The van der Waals surface area contributed by atoms with Crippen molar-refractivity contribution in [1.29, 1.82) is 0 Å². The van der Waals surface area contributed by atoms with E-state index in [1.54, 1.807) is 12.1 Å². The van der Waals surface area contributed by atoms with Crippen molar-refractivity contribution in [2.75, 3.05) is 13.1 Å². The van der Waals surface area contributed by atoms with E-state index in [9.17, 15) is 36.3 Å². The summed E-state index contributed by atoms with van der Waals surface area (Å²) in [6, 6.07) is 16.8. The number of aromatic nitrogens is 1. The van der Waals surface area contributed by atoms with Crippen LogP contribution in [0, 0.1) is 0 Å². The summed E-state index contributed by atoms with van der Waals surface area (Å²) in [5, 5.41) is 11.2. The normalized spacial score (nSPS) is 16.8. The van der Waals surface area contributed by atoms with E-state index in [1.165, 1.54) is 12.1 Å². The Labute approximate surface area is 240 Å². The van der Waals surface area contributed by atoms with E-state index in [0.717, 1.165) is 49.8 Å². The summed E-state index contributed by atoms with van der Waals surface area (Å²) >= 11 is 0. The van der Waals surface area contributed by atoms with Gasteiger partial charge in [-0.15, -0.1) is 0 Å². The summed E-state index contributed by atoms with van der Waals surface area (Å²) in [5.74, 6) is -1.41. The first-order valence-electron chi connectivity index (χ1n) is 13.6. The van der Waals surface area contributed by atoms with Crippen LogP contribution < -0.4 is 5.56 Å². The number of hydrogen-bond donors (Lipinski definition) is 1. The van der Waals surface area contributed by atoms with Crippen LogP contribution in [0.5, 0.6) is 0 Å². The fraction of sp³-hybridized carbons (Fsp3) is 0.290. The Morgan fingerprint density at radius 3 is 2.40 bits per heavy atom. The molecule has 1 atom stereocenters. The Morgan fingerprint density at radius 2 is 1.69 bits per heavy atom. The van der Waals surface area contributed by atoms with Crippen molar-refractivity contribution in [3.8, 4) is 11.1 Å². The number of hydrogen-bond acceptors (Lipinski definition) is 4. The predicted molar refractivity (Wildman–Crippen MR) is 153 cm³/mol. The summed E-state index contributed by atoms with van der Waals surface area (Å²) in [7, 11) is -4.48. The second-order valence-corrected chi connectivity index (χ2v) is 12.2. The van der Waals surface area contributed by atoms with Crippen molar-refractivity contribution in [3.63, 3.8) is 0 Å². The van der Waals surface area contributed by atoms with Gasteiger partial charge in [0.05, 0.1) is 5.56 Å². The van der Waals surface area contributed by atoms with Crippen molar-refractivity contribution in [2.45, 2.75) is 49.9 Å². The third-order valence-corrected chi connectivity index (χ3v) is 9.50. The Morgan fingerprint density at radius 1 is 0.976 bits per heavy atom. The van der Waals surface area contributed by atoms with Gasteiger partial charge in [-0.1, -0.05) is 74.4 Å². The van der Waals surface area contributed by atoms with Gasteiger partial charge in [-0.25, -0.2) is 13.2 Å². The molecule has 0 amide bonds. The van der Waals surface area contributed by atoms with E-state index >= 15 is 0 Å². The number of alkyl halides is 3. The number of unbranched alkanes of at least 4 members (excludes halogenated alkanes) is 2. The van der Waals surface area contributed by atoms with Crippen LogP contribution in [-0.2, 0) is 27.4 Å². The highest BCUT2D eigenvalue weighted by Gasteiger charge is 2.43. The fourth-order valence-corrected chi connectivity index (χ4v) is 7.51. The Kier molecular flexibility index (Phi) is 8.00. The maximum Gasteiger partial charge on any atom is 0.416 e. The monoisotopic (exact) mass is 598 g/mol. The quantitative estimate of drug-likeness (QED) is 0.247. The minimum absolute atomic E-state index is 0.0176. The number of rotatable bonds is 8. The maximum absolute atomic E-state index is 14.2. The SMILES string of the molecule is CCCCCN1C[C@H](C(=O)O)n2c(c(-c3cccc(C(F)(F)F)c3)c(Cc3cccc4ccccc34)cc2=O)S1(=O)=O. The van der Waals surface area contributed by atoms with Crippen LogP contribution in [0.2, 0.25) is 0 Å². The van der Waals surface area contributed by atoms with Crippen molar-refractivity contribution in [2.24, 2.45) is 0 Å². The molecule has 0 unspecified atom stereocenters. The van der Waals surface area contributed by atoms with Gasteiger partial charge in [0.2, 0.25) is 0 Å². The minimum Gasteiger partial charge on any atom is -0.480 e. The lowest BCUT2D eigenvalue weighted by Gasteiger charge is -2.35. The lowest BCUT2D eigenvalue weighted by Crippen LogP contribution is -2.49. The van der Waals surface area contributed by atoms with Gasteiger partial charge in [0, 0.05) is 24.7 Å². The van der Waals surface area contributed by atoms with E-state index in [0.29, 0.717) is 12.8 Å². The van der Waals surface area contributed by atoms with Crippen LogP contribution in [0.3, 0.4) is 0 Å². The highest BCUT2D eigenvalue weighted by Crippen LogP contribution is 2.40. The molecule has 0 bridgehead atoms. The summed E-state index contributed by atoms with van der Waals surface area (Å²) in [5.41, 5.74) is -1.12. The minimum atomic E-state index is -4.72. The molecule has 5 rings (SSSR count). The summed E-state index contributed by atoms with van der Waals surface area (Å²) < 4.78 is 71.5. The van der Waals surface area contributed by atoms with E-state index < -0.39 is 50.9 Å². The molecule has 0 fully saturated rings. The van der Waals surface area contributed by atoms with Gasteiger partial charge < -0.3 is 5.11 Å². The molecule has 220 valence electrons. The molecule has 0 saturated carbocycles. The number of carbonyl (C=O) groups is 1. The number of aliphatic carboxylic acids is 1. The molecule has 0 radical (unpaired) electrons. The third kappa shape index (κ3) is 5.46. The first kappa shape index (κ1) is 29.5. The molecule has 1 aliphatic rings. The van der Waals surface area contributed by atoms with Gasteiger partial charge in [-0.05, 0) is 52.4 Å². The van der Waals surface area contributed by atoms with E-state index in [-0.39, 0.29) is 29.7 Å². The van der Waals surface area contributed by atoms with Gasteiger partial charge in [0.1, 0.15) is 6.04 Å². The molecular formula is C31H29F3N2O5S. The molecule has 1 N–H and O–H groups in total. The zero-order chi connectivity index (χ0) is 30.2. The van der Waals surface area contributed by atoms with Crippen LogP contribution in [0.15, 0.2) is 82.6 Å². The van der Waals surface area contributed by atoms with Gasteiger partial charge in [-0.2, -0.15) is 17.5 Å². The maximum atomic E-state index is 14.2. The van der Waals surface area contributed by atoms with Crippen LogP contribution in [0.1, 0.15) is 48.9 Å². The molecular weight excluding hydrogens is 569 g/mol. The molecule has 2 heterocycles. The first-order valence-corrected chi connectivity index (χ1v) is 15.0. The third-order valence-electron chi connectivity index (χ3n) is 7.60. The molecule has 0 spiro atoms. The van der Waals surface area contributed by atoms with Gasteiger partial charge >= 0.3 is 12.1 Å². The van der Waals surface area contributed by atoms with Crippen molar-refractivity contribution < 1.29 is 31.5 Å². The molecule has 1 aliphatic heterocycles. The highest BCUT2D eigenvalue weighted by atomic mass is 32.2. The summed E-state index contributed by atoms with van der Waals surface area (Å²) in [4.78, 5) is 25.9. The summed E-state index contributed by atoms with van der Waals surface area (Å²) in [6.07, 6.45) is -2.75.